The molecule has 7 nitrogen and oxygen atoms in total. The number of carbonyl (C=O) groups is 1. The first kappa shape index (κ1) is 16.2. The van der Waals surface area contributed by atoms with Crippen molar-refractivity contribution in [1.82, 2.24) is 15.2 Å². The van der Waals surface area contributed by atoms with Crippen molar-refractivity contribution in [3.05, 3.63) is 18.3 Å². The summed E-state index contributed by atoms with van der Waals surface area (Å²) in [4.78, 5) is 18.3. The summed E-state index contributed by atoms with van der Waals surface area (Å²) >= 11 is 0. The number of hydrogen-bond acceptors (Lipinski definition) is 6. The summed E-state index contributed by atoms with van der Waals surface area (Å²) in [6, 6.07) is 3.24. The summed E-state index contributed by atoms with van der Waals surface area (Å²) in [5.41, 5.74) is 0. The number of hydrogen-bond donors (Lipinski definition) is 1. The molecule has 1 aromatic heterocycles. The third-order valence-corrected chi connectivity index (χ3v) is 5.31. The van der Waals surface area contributed by atoms with Crippen LogP contribution in [0.25, 0.3) is 0 Å². The third kappa shape index (κ3) is 3.64. The van der Waals surface area contributed by atoms with Crippen molar-refractivity contribution in [3.63, 3.8) is 0 Å². The average molecular weight is 339 g/mol. The van der Waals surface area contributed by atoms with Crippen LogP contribution in [-0.2, 0) is 14.6 Å². The van der Waals surface area contributed by atoms with Gasteiger partial charge in [-0.1, -0.05) is 0 Å². The molecule has 2 saturated heterocycles. The third-order valence-electron chi connectivity index (χ3n) is 4.31. The van der Waals surface area contributed by atoms with E-state index in [0.29, 0.717) is 24.8 Å². The second kappa shape index (κ2) is 6.45. The van der Waals surface area contributed by atoms with E-state index >= 15 is 0 Å². The lowest BCUT2D eigenvalue weighted by Gasteiger charge is -2.31. The molecule has 8 heteroatoms. The molecule has 1 aromatic rings. The monoisotopic (exact) mass is 339 g/mol. The quantitative estimate of drug-likeness (QED) is 0.844. The smallest absolute Gasteiger partial charge is 0.263 e. The highest BCUT2D eigenvalue weighted by Gasteiger charge is 2.37. The van der Waals surface area contributed by atoms with Crippen molar-refractivity contribution in [3.8, 4) is 5.75 Å². The Balaban J connectivity index is 1.63. The van der Waals surface area contributed by atoms with Crippen LogP contribution >= 0.6 is 0 Å². The summed E-state index contributed by atoms with van der Waals surface area (Å²) in [5, 5.41) is 3.29. The van der Waals surface area contributed by atoms with Gasteiger partial charge >= 0.3 is 0 Å². The molecule has 126 valence electrons. The molecule has 3 heterocycles. The average Bonchev–Trinajstić information content (AvgIpc) is 2.89. The Morgan fingerprint density at radius 1 is 1.26 bits per heavy atom. The van der Waals surface area contributed by atoms with E-state index in [-0.39, 0.29) is 10.9 Å². The van der Waals surface area contributed by atoms with Crippen molar-refractivity contribution in [2.75, 3.05) is 25.9 Å². The summed E-state index contributed by atoms with van der Waals surface area (Å²) in [6.07, 6.45) is 4.56. The Hall–Kier alpha value is -1.67. The highest BCUT2D eigenvalue weighted by atomic mass is 32.2. The molecule has 3 rings (SSSR count). The summed E-state index contributed by atoms with van der Waals surface area (Å²) in [7, 11) is -3.33. The molecule has 1 N–H and O–H groups in total. The van der Waals surface area contributed by atoms with Crippen molar-refractivity contribution < 1.29 is 17.9 Å². The van der Waals surface area contributed by atoms with E-state index in [0.717, 1.165) is 32.2 Å². The van der Waals surface area contributed by atoms with Crippen molar-refractivity contribution >= 4 is 15.7 Å². The van der Waals surface area contributed by atoms with Gasteiger partial charge in [0, 0.05) is 25.3 Å². The second-order valence-corrected chi connectivity index (χ2v) is 7.97. The SMILES string of the molecule is CS(=O)(=O)c1ccc(OC2CCN(C3CCNCC3)C2=O)cn1. The van der Waals surface area contributed by atoms with E-state index in [1.165, 1.54) is 12.3 Å². The fraction of sp³-hybridized carbons (Fsp3) is 0.600. The summed E-state index contributed by atoms with van der Waals surface area (Å²) in [5.74, 6) is 0.437. The van der Waals surface area contributed by atoms with Crippen molar-refractivity contribution in [1.29, 1.82) is 0 Å². The Kier molecular flexibility index (Phi) is 4.54. The number of ether oxygens (including phenoxy) is 1. The molecule has 23 heavy (non-hydrogen) atoms. The zero-order chi connectivity index (χ0) is 16.4. The van der Waals surface area contributed by atoms with Crippen LogP contribution in [0.2, 0.25) is 0 Å². The van der Waals surface area contributed by atoms with Crippen LogP contribution in [0, 0.1) is 0 Å². The highest BCUT2D eigenvalue weighted by molar-refractivity contribution is 7.90. The topological polar surface area (TPSA) is 88.6 Å². The van der Waals surface area contributed by atoms with Crippen LogP contribution in [0.3, 0.4) is 0 Å². The standard InChI is InChI=1S/C15H21N3O4S/c1-23(20,21)14-3-2-12(10-17-14)22-13-6-9-18(15(13)19)11-4-7-16-8-5-11/h2-3,10-11,13,16H,4-9H2,1H3. The lowest BCUT2D eigenvalue weighted by atomic mass is 10.1. The maximum Gasteiger partial charge on any atom is 0.263 e. The molecule has 2 aliphatic rings. The number of pyridine rings is 1. The van der Waals surface area contributed by atoms with Gasteiger partial charge in [-0.15, -0.1) is 0 Å². The molecule has 0 radical (unpaired) electrons. The normalized spacial score (nSPS) is 23.3. The first-order valence-corrected chi connectivity index (χ1v) is 9.68. The van der Waals surface area contributed by atoms with Crippen LogP contribution < -0.4 is 10.1 Å². The van der Waals surface area contributed by atoms with Crippen LogP contribution in [0.5, 0.6) is 5.75 Å². The van der Waals surface area contributed by atoms with E-state index in [1.807, 2.05) is 4.90 Å². The predicted octanol–water partition coefficient (Wildman–Crippen LogP) is 0.217. The molecule has 0 aromatic carbocycles. The Labute approximate surface area is 135 Å². The Morgan fingerprint density at radius 2 is 2.00 bits per heavy atom. The van der Waals surface area contributed by atoms with Gasteiger partial charge in [-0.05, 0) is 38.1 Å². The van der Waals surface area contributed by atoms with Gasteiger partial charge in [0.25, 0.3) is 5.91 Å². The number of nitrogens with one attached hydrogen (secondary N) is 1. The van der Waals surface area contributed by atoms with Crippen molar-refractivity contribution in [2.45, 2.75) is 36.4 Å². The second-order valence-electron chi connectivity index (χ2n) is 6.01. The fourth-order valence-corrected chi connectivity index (χ4v) is 3.64. The molecule has 0 spiro atoms. The Bertz CT molecular complexity index is 668. The van der Waals surface area contributed by atoms with Gasteiger partial charge in [-0.2, -0.15) is 0 Å². The number of piperidine rings is 1. The molecule has 1 unspecified atom stereocenters. The van der Waals surface area contributed by atoms with Crippen LogP contribution in [0.4, 0.5) is 0 Å². The van der Waals surface area contributed by atoms with Gasteiger partial charge in [0.15, 0.2) is 21.0 Å². The van der Waals surface area contributed by atoms with Crippen LogP contribution in [0.1, 0.15) is 19.3 Å². The predicted molar refractivity (Wildman–Crippen MR) is 84.0 cm³/mol. The molecular formula is C15H21N3O4S. The van der Waals surface area contributed by atoms with Gasteiger partial charge in [0.2, 0.25) is 0 Å². The number of rotatable bonds is 4. The molecule has 0 bridgehead atoms. The van der Waals surface area contributed by atoms with Gasteiger partial charge in [-0.25, -0.2) is 13.4 Å². The van der Waals surface area contributed by atoms with Gasteiger partial charge in [0.05, 0.1) is 6.20 Å². The number of likely N-dealkylation sites (tertiary alicyclic amines) is 1. The van der Waals surface area contributed by atoms with E-state index in [2.05, 4.69) is 10.3 Å². The van der Waals surface area contributed by atoms with Gasteiger partial charge < -0.3 is 15.0 Å². The fourth-order valence-electron chi connectivity index (χ4n) is 3.09. The molecule has 1 amide bonds. The van der Waals surface area contributed by atoms with Crippen LogP contribution in [-0.4, -0.2) is 62.2 Å². The van der Waals surface area contributed by atoms with E-state index in [9.17, 15) is 13.2 Å². The Morgan fingerprint density at radius 3 is 2.61 bits per heavy atom. The van der Waals surface area contributed by atoms with E-state index in [4.69, 9.17) is 4.74 Å². The van der Waals surface area contributed by atoms with E-state index in [1.54, 1.807) is 6.07 Å². The minimum Gasteiger partial charge on any atom is -0.479 e. The zero-order valence-corrected chi connectivity index (χ0v) is 13.9. The number of carbonyl (C=O) groups excluding carboxylic acids is 1. The molecule has 2 fully saturated rings. The number of nitrogens with zero attached hydrogens (tertiary/aromatic N) is 2. The zero-order valence-electron chi connectivity index (χ0n) is 13.1. The lowest BCUT2D eigenvalue weighted by molar-refractivity contribution is -0.135. The minimum absolute atomic E-state index is 0.000990. The summed E-state index contributed by atoms with van der Waals surface area (Å²) in [6.45, 7) is 2.59. The maximum absolute atomic E-state index is 12.5. The largest absolute Gasteiger partial charge is 0.479 e. The number of aromatic nitrogens is 1. The maximum atomic E-state index is 12.5. The molecule has 1 atom stereocenters. The first-order chi connectivity index (χ1) is 10.9. The first-order valence-electron chi connectivity index (χ1n) is 7.79. The van der Waals surface area contributed by atoms with Gasteiger partial charge in [0.1, 0.15) is 5.75 Å². The van der Waals surface area contributed by atoms with E-state index < -0.39 is 15.9 Å². The molecule has 2 aliphatic heterocycles. The minimum atomic E-state index is -3.33. The lowest BCUT2D eigenvalue weighted by Crippen LogP contribution is -2.45. The number of sulfone groups is 1. The summed E-state index contributed by atoms with van der Waals surface area (Å²) < 4.78 is 28.5. The molecule has 0 saturated carbocycles. The van der Waals surface area contributed by atoms with Gasteiger partial charge in [-0.3, -0.25) is 4.79 Å². The molecule has 0 aliphatic carbocycles. The number of amides is 1. The van der Waals surface area contributed by atoms with Crippen LogP contribution in [0.15, 0.2) is 23.4 Å². The highest BCUT2D eigenvalue weighted by Crippen LogP contribution is 2.24. The van der Waals surface area contributed by atoms with Crippen molar-refractivity contribution in [2.24, 2.45) is 0 Å². The molecular weight excluding hydrogens is 318 g/mol.